The molecule has 0 bridgehead atoms. The van der Waals surface area contributed by atoms with Crippen LogP contribution in [0.25, 0.3) is 0 Å². The maximum atomic E-state index is 8.52. The predicted octanol–water partition coefficient (Wildman–Crippen LogP) is 1.24. The van der Waals surface area contributed by atoms with Crippen molar-refractivity contribution in [3.63, 3.8) is 0 Å². The van der Waals surface area contributed by atoms with E-state index in [2.05, 4.69) is 0 Å². The summed E-state index contributed by atoms with van der Waals surface area (Å²) in [6.07, 6.45) is 0.765. The van der Waals surface area contributed by atoms with Crippen molar-refractivity contribution < 1.29 is 15.6 Å². The van der Waals surface area contributed by atoms with Gasteiger partial charge in [-0.2, -0.15) is 0 Å². The number of hydrogen-bond donors (Lipinski definition) is 3. The standard InChI is InChI=1S/C8H10O.H2O2/c9-7-6-8-4-2-1-3-5-8;1-2/h1-5,9H,6-7H2;1-2H. The van der Waals surface area contributed by atoms with Gasteiger partial charge < -0.3 is 5.11 Å². The summed E-state index contributed by atoms with van der Waals surface area (Å²) in [5, 5.41) is 20.5. The Morgan fingerprint density at radius 3 is 2.00 bits per heavy atom. The lowest BCUT2D eigenvalue weighted by Gasteiger charge is -1.93. The number of aliphatic hydroxyl groups excluding tert-OH is 1. The van der Waals surface area contributed by atoms with E-state index in [1.54, 1.807) is 0 Å². The van der Waals surface area contributed by atoms with E-state index in [1.165, 1.54) is 5.56 Å². The van der Waals surface area contributed by atoms with Crippen molar-refractivity contribution in [3.8, 4) is 0 Å². The normalized spacial score (nSPS) is 8.27. The highest BCUT2D eigenvalue weighted by Gasteiger charge is 1.85. The van der Waals surface area contributed by atoms with Gasteiger partial charge in [0.1, 0.15) is 0 Å². The van der Waals surface area contributed by atoms with E-state index in [0.29, 0.717) is 0 Å². The van der Waals surface area contributed by atoms with Crippen molar-refractivity contribution in [1.82, 2.24) is 0 Å². The molecule has 3 heteroatoms. The number of hydrogen-bond acceptors (Lipinski definition) is 3. The van der Waals surface area contributed by atoms with Crippen LogP contribution in [-0.2, 0) is 6.42 Å². The molecule has 1 aromatic carbocycles. The second-order valence-electron chi connectivity index (χ2n) is 1.96. The quantitative estimate of drug-likeness (QED) is 0.446. The van der Waals surface area contributed by atoms with E-state index < -0.39 is 0 Å². The van der Waals surface area contributed by atoms with Crippen molar-refractivity contribution >= 4 is 0 Å². The third-order valence-corrected chi connectivity index (χ3v) is 1.24. The number of aliphatic hydroxyl groups is 1. The van der Waals surface area contributed by atoms with Gasteiger partial charge in [0.05, 0.1) is 0 Å². The van der Waals surface area contributed by atoms with Gasteiger partial charge in [0, 0.05) is 6.61 Å². The minimum Gasteiger partial charge on any atom is -0.396 e. The number of rotatable bonds is 2. The fourth-order valence-electron chi connectivity index (χ4n) is 0.774. The molecule has 0 amide bonds. The molecule has 0 heterocycles. The molecule has 3 N–H and O–H groups in total. The van der Waals surface area contributed by atoms with Crippen molar-refractivity contribution in [2.75, 3.05) is 6.61 Å². The molecule has 0 saturated carbocycles. The molecule has 1 rings (SSSR count). The number of benzene rings is 1. The first-order chi connectivity index (χ1) is 5.43. The summed E-state index contributed by atoms with van der Waals surface area (Å²) < 4.78 is 0. The van der Waals surface area contributed by atoms with Gasteiger partial charge in [0.2, 0.25) is 0 Å². The van der Waals surface area contributed by atoms with Gasteiger partial charge in [0.15, 0.2) is 0 Å². The molecular weight excluding hydrogens is 144 g/mol. The second kappa shape index (κ2) is 7.21. The molecule has 0 aliphatic rings. The van der Waals surface area contributed by atoms with Crippen LogP contribution in [0, 0.1) is 0 Å². The van der Waals surface area contributed by atoms with Crippen LogP contribution in [0.3, 0.4) is 0 Å². The average Bonchev–Trinajstić information content (AvgIpc) is 2.11. The predicted molar refractivity (Wildman–Crippen MR) is 42.5 cm³/mol. The summed E-state index contributed by atoms with van der Waals surface area (Å²) in [5.74, 6) is 0. The van der Waals surface area contributed by atoms with Gasteiger partial charge in [-0.15, -0.1) is 0 Å². The van der Waals surface area contributed by atoms with Crippen LogP contribution in [0.15, 0.2) is 30.3 Å². The van der Waals surface area contributed by atoms with E-state index in [-0.39, 0.29) is 6.61 Å². The molecule has 0 unspecified atom stereocenters. The molecule has 0 aliphatic heterocycles. The first-order valence-corrected chi connectivity index (χ1v) is 3.28. The van der Waals surface area contributed by atoms with Gasteiger partial charge in [-0.3, -0.25) is 10.5 Å². The molecule has 0 spiro atoms. The van der Waals surface area contributed by atoms with Crippen LogP contribution in [-0.4, -0.2) is 22.2 Å². The molecular formula is C8H12O3. The van der Waals surface area contributed by atoms with Crippen molar-refractivity contribution in [1.29, 1.82) is 0 Å². The van der Waals surface area contributed by atoms with E-state index in [1.807, 2.05) is 30.3 Å². The zero-order chi connectivity index (χ0) is 8.53. The molecule has 0 aromatic heterocycles. The van der Waals surface area contributed by atoms with Crippen molar-refractivity contribution in [2.24, 2.45) is 0 Å². The van der Waals surface area contributed by atoms with Crippen LogP contribution in [0.2, 0.25) is 0 Å². The molecule has 11 heavy (non-hydrogen) atoms. The SMILES string of the molecule is OCCc1ccccc1.OO. The Morgan fingerprint density at radius 1 is 1.00 bits per heavy atom. The van der Waals surface area contributed by atoms with E-state index in [9.17, 15) is 0 Å². The Kier molecular flexibility index (Phi) is 6.62. The maximum absolute atomic E-state index is 8.52. The minimum absolute atomic E-state index is 0.240. The fraction of sp³-hybridized carbons (Fsp3) is 0.250. The maximum Gasteiger partial charge on any atom is 0.0471 e. The van der Waals surface area contributed by atoms with Crippen LogP contribution in [0.1, 0.15) is 5.56 Å². The van der Waals surface area contributed by atoms with Gasteiger partial charge >= 0.3 is 0 Å². The minimum atomic E-state index is 0.240. The Morgan fingerprint density at radius 2 is 1.55 bits per heavy atom. The summed E-state index contributed by atoms with van der Waals surface area (Å²) in [7, 11) is 0. The molecule has 62 valence electrons. The highest BCUT2D eigenvalue weighted by atomic mass is 17.0. The zero-order valence-electron chi connectivity index (χ0n) is 6.14. The fourth-order valence-corrected chi connectivity index (χ4v) is 0.774. The largest absolute Gasteiger partial charge is 0.396 e. The Labute approximate surface area is 65.5 Å². The van der Waals surface area contributed by atoms with Crippen LogP contribution in [0.5, 0.6) is 0 Å². The smallest absolute Gasteiger partial charge is 0.0471 e. The van der Waals surface area contributed by atoms with Gasteiger partial charge in [-0.05, 0) is 12.0 Å². The first kappa shape index (κ1) is 10.1. The van der Waals surface area contributed by atoms with E-state index >= 15 is 0 Å². The average molecular weight is 156 g/mol. The summed E-state index contributed by atoms with van der Waals surface area (Å²) in [6, 6.07) is 9.95. The summed E-state index contributed by atoms with van der Waals surface area (Å²) in [4.78, 5) is 0. The lowest BCUT2D eigenvalue weighted by atomic mass is 10.2. The molecule has 0 aliphatic carbocycles. The van der Waals surface area contributed by atoms with Crippen molar-refractivity contribution in [3.05, 3.63) is 35.9 Å². The van der Waals surface area contributed by atoms with Crippen molar-refractivity contribution in [2.45, 2.75) is 6.42 Å². The summed E-state index contributed by atoms with van der Waals surface area (Å²) >= 11 is 0. The third kappa shape index (κ3) is 4.50. The summed E-state index contributed by atoms with van der Waals surface area (Å²) in [6.45, 7) is 0.240. The van der Waals surface area contributed by atoms with Crippen LogP contribution < -0.4 is 0 Å². The Bertz CT molecular complexity index is 162. The first-order valence-electron chi connectivity index (χ1n) is 3.28. The Hall–Kier alpha value is -0.900. The highest BCUT2D eigenvalue weighted by molar-refractivity contribution is 5.14. The zero-order valence-corrected chi connectivity index (χ0v) is 6.14. The topological polar surface area (TPSA) is 60.7 Å². The monoisotopic (exact) mass is 156 g/mol. The molecule has 0 radical (unpaired) electrons. The molecule has 0 fully saturated rings. The molecule has 1 aromatic rings. The Balaban J connectivity index is 0.000000461. The molecule has 3 nitrogen and oxygen atoms in total. The third-order valence-electron chi connectivity index (χ3n) is 1.24. The van der Waals surface area contributed by atoms with Gasteiger partial charge in [-0.1, -0.05) is 30.3 Å². The lowest BCUT2D eigenvalue weighted by Crippen LogP contribution is -1.88. The van der Waals surface area contributed by atoms with E-state index in [0.717, 1.165) is 6.42 Å². The highest BCUT2D eigenvalue weighted by Crippen LogP contribution is 1.97. The summed E-state index contributed by atoms with van der Waals surface area (Å²) in [5.41, 5.74) is 1.19. The molecule has 0 saturated heterocycles. The van der Waals surface area contributed by atoms with Gasteiger partial charge in [0.25, 0.3) is 0 Å². The van der Waals surface area contributed by atoms with Crippen LogP contribution >= 0.6 is 0 Å². The molecule has 0 atom stereocenters. The second-order valence-corrected chi connectivity index (χ2v) is 1.96. The van der Waals surface area contributed by atoms with Crippen LogP contribution in [0.4, 0.5) is 0 Å². The van der Waals surface area contributed by atoms with Gasteiger partial charge in [-0.25, -0.2) is 0 Å². The lowest BCUT2D eigenvalue weighted by molar-refractivity contribution is -0.176. The van der Waals surface area contributed by atoms with E-state index in [4.69, 9.17) is 15.6 Å².